The number of thioether (sulfide) groups is 1. The van der Waals surface area contributed by atoms with Crippen LogP contribution in [0.2, 0.25) is 0 Å². The maximum absolute atomic E-state index is 14.5. The van der Waals surface area contributed by atoms with Gasteiger partial charge in [-0.1, -0.05) is 30.8 Å². The molecule has 1 aromatic rings. The summed E-state index contributed by atoms with van der Waals surface area (Å²) >= 11 is 0.950. The molecular weight excluding hydrogens is 397 g/mol. The van der Waals surface area contributed by atoms with Gasteiger partial charge in [0.25, 0.3) is 0 Å². The van der Waals surface area contributed by atoms with Gasteiger partial charge in [0.1, 0.15) is 5.60 Å². The number of amides is 1. The third kappa shape index (κ3) is 3.68. The second kappa shape index (κ2) is 6.92. The number of ether oxygens (including phenoxy) is 1. The van der Waals surface area contributed by atoms with Crippen LogP contribution in [0.5, 0.6) is 0 Å². The number of carbonyl (C=O) groups is 1. The first-order valence-corrected chi connectivity index (χ1v) is 10.1. The molecule has 4 nitrogen and oxygen atoms in total. The summed E-state index contributed by atoms with van der Waals surface area (Å²) < 4.78 is 47.9. The molecule has 0 radical (unpaired) electrons. The van der Waals surface area contributed by atoms with Gasteiger partial charge in [0.05, 0.1) is 5.54 Å². The van der Waals surface area contributed by atoms with Crippen molar-refractivity contribution in [2.45, 2.75) is 51.0 Å². The van der Waals surface area contributed by atoms with Crippen molar-refractivity contribution in [2.75, 3.05) is 0 Å². The molecule has 27 heavy (non-hydrogen) atoms. The van der Waals surface area contributed by atoms with Crippen molar-refractivity contribution in [2.24, 2.45) is 16.8 Å². The van der Waals surface area contributed by atoms with Gasteiger partial charge in [0.15, 0.2) is 29.1 Å². The Hall–Kier alpha value is -1.35. The smallest absolute Gasteiger partial charge is 0.428 e. The first-order chi connectivity index (χ1) is 12.5. The monoisotopic (exact) mass is 418 g/mol. The molecule has 9 heteroatoms. The number of amidine groups is 1. The van der Waals surface area contributed by atoms with Crippen LogP contribution in [-0.2, 0) is 10.3 Å². The number of rotatable bonds is 2. The molecule has 2 aliphatic rings. The molecule has 0 bridgehead atoms. The Balaban J connectivity index is 2.02. The molecule has 0 spiro atoms. The maximum Gasteiger partial charge on any atom is 0.428 e. The minimum absolute atomic E-state index is 0.0299. The second-order valence-electron chi connectivity index (χ2n) is 7.95. The molecule has 1 fully saturated rings. The SMILES string of the molecule is CC1C2SC(N(SF)C(=O)OC(C)(C)C)=N[C@](C)(c3cccc(F)c3F)C12. The van der Waals surface area contributed by atoms with Gasteiger partial charge in [0.2, 0.25) is 0 Å². The molecule has 1 aromatic carbocycles. The first kappa shape index (κ1) is 20.4. The van der Waals surface area contributed by atoms with Crippen LogP contribution < -0.4 is 0 Å². The Morgan fingerprint density at radius 1 is 1.37 bits per heavy atom. The number of carbonyl (C=O) groups excluding carboxylic acids is 1. The zero-order valence-electron chi connectivity index (χ0n) is 15.6. The molecule has 148 valence electrons. The molecule has 1 aliphatic heterocycles. The number of hydrogen-bond acceptors (Lipinski definition) is 5. The van der Waals surface area contributed by atoms with Crippen molar-refractivity contribution in [3.05, 3.63) is 35.4 Å². The van der Waals surface area contributed by atoms with Gasteiger partial charge in [-0.15, -0.1) is 3.89 Å². The summed E-state index contributed by atoms with van der Waals surface area (Å²) in [6.07, 6.45) is -0.893. The quantitative estimate of drug-likeness (QED) is 0.579. The number of benzene rings is 1. The van der Waals surface area contributed by atoms with Crippen molar-refractivity contribution in [1.29, 1.82) is 0 Å². The van der Waals surface area contributed by atoms with Gasteiger partial charge in [-0.3, -0.25) is 0 Å². The lowest BCUT2D eigenvalue weighted by Gasteiger charge is -2.33. The van der Waals surface area contributed by atoms with Crippen LogP contribution in [0.1, 0.15) is 40.2 Å². The van der Waals surface area contributed by atoms with E-state index in [0.717, 1.165) is 10.4 Å². The van der Waals surface area contributed by atoms with E-state index in [4.69, 9.17) is 4.74 Å². The molecule has 3 rings (SSSR count). The summed E-state index contributed by atoms with van der Waals surface area (Å²) in [6.45, 7) is 8.70. The van der Waals surface area contributed by atoms with Crippen LogP contribution in [0.25, 0.3) is 0 Å². The normalized spacial score (nSPS) is 29.6. The van der Waals surface area contributed by atoms with Crippen LogP contribution in [0, 0.1) is 23.5 Å². The van der Waals surface area contributed by atoms with E-state index in [-0.39, 0.29) is 40.2 Å². The second-order valence-corrected chi connectivity index (χ2v) is 9.60. The minimum Gasteiger partial charge on any atom is -0.443 e. The van der Waals surface area contributed by atoms with Crippen LogP contribution in [0.4, 0.5) is 17.5 Å². The summed E-state index contributed by atoms with van der Waals surface area (Å²) in [5, 5.41) is 0.121. The summed E-state index contributed by atoms with van der Waals surface area (Å²) in [5.41, 5.74) is -1.81. The van der Waals surface area contributed by atoms with E-state index in [1.165, 1.54) is 23.9 Å². The van der Waals surface area contributed by atoms with E-state index in [2.05, 4.69) is 4.99 Å². The Kier molecular flexibility index (Phi) is 5.22. The fourth-order valence-corrected chi connectivity index (χ4v) is 5.54. The maximum atomic E-state index is 14.5. The van der Waals surface area contributed by atoms with Crippen molar-refractivity contribution >= 4 is 35.4 Å². The summed E-state index contributed by atoms with van der Waals surface area (Å²) in [4.78, 5) is 16.9. The van der Waals surface area contributed by atoms with Crippen LogP contribution in [0.3, 0.4) is 0 Å². The highest BCUT2D eigenvalue weighted by molar-refractivity contribution is 8.15. The zero-order chi connectivity index (χ0) is 20.1. The third-order valence-electron chi connectivity index (χ3n) is 4.82. The molecular formula is C18H21F3N2O2S2. The summed E-state index contributed by atoms with van der Waals surface area (Å²) in [7, 11) is 0. The molecule has 4 atom stereocenters. The summed E-state index contributed by atoms with van der Waals surface area (Å²) in [6, 6.07) is 3.95. The number of nitrogens with zero attached hydrogens (tertiary/aromatic N) is 2. The van der Waals surface area contributed by atoms with Crippen LogP contribution in [0.15, 0.2) is 23.2 Å². The summed E-state index contributed by atoms with van der Waals surface area (Å²) in [5.74, 6) is -1.80. The van der Waals surface area contributed by atoms with E-state index in [0.29, 0.717) is 0 Å². The molecule has 3 unspecified atom stereocenters. The van der Waals surface area contributed by atoms with Gasteiger partial charge in [-0.2, -0.15) is 4.31 Å². The average molecular weight is 419 g/mol. The molecule has 1 amide bonds. The third-order valence-corrected chi connectivity index (χ3v) is 6.87. The molecule has 0 saturated heterocycles. The van der Waals surface area contributed by atoms with E-state index < -0.39 is 28.9 Å². The van der Waals surface area contributed by atoms with Gasteiger partial charge < -0.3 is 4.74 Å². The Morgan fingerprint density at radius 3 is 2.63 bits per heavy atom. The highest BCUT2D eigenvalue weighted by Crippen LogP contribution is 2.62. The number of halogens is 3. The Bertz CT molecular complexity index is 799. The van der Waals surface area contributed by atoms with Crippen LogP contribution in [-0.4, -0.2) is 26.4 Å². The average Bonchev–Trinajstić information content (AvgIpc) is 3.20. The number of hydrogen-bond donors (Lipinski definition) is 0. The molecule has 1 heterocycles. The lowest BCUT2D eigenvalue weighted by atomic mass is 9.86. The topological polar surface area (TPSA) is 41.9 Å². The zero-order valence-corrected chi connectivity index (χ0v) is 17.3. The lowest BCUT2D eigenvalue weighted by molar-refractivity contribution is 0.0473. The molecule has 0 N–H and O–H groups in total. The standard InChI is InChI=1S/C18H21F3N2O2S2/c1-9-12-14(9)26-15(23(27-21)16(24)25-17(2,3)4)22-18(12,5)10-7-6-8-11(19)13(10)20/h6-9,12,14H,1-5H3/t9?,12?,14?,18-/m1/s1. The number of aliphatic imine (C=N–C) groups is 1. The molecule has 1 aliphatic carbocycles. The first-order valence-electron chi connectivity index (χ1n) is 8.52. The van der Waals surface area contributed by atoms with Crippen molar-refractivity contribution in [3.8, 4) is 0 Å². The largest absolute Gasteiger partial charge is 0.443 e. The van der Waals surface area contributed by atoms with E-state index in [1.807, 2.05) is 6.92 Å². The van der Waals surface area contributed by atoms with Gasteiger partial charge in [0, 0.05) is 16.7 Å². The van der Waals surface area contributed by atoms with Gasteiger partial charge in [-0.05, 0) is 39.7 Å². The Labute approximate surface area is 165 Å². The van der Waals surface area contributed by atoms with Crippen LogP contribution >= 0.6 is 24.1 Å². The van der Waals surface area contributed by atoms with Gasteiger partial charge >= 0.3 is 6.09 Å². The highest BCUT2D eigenvalue weighted by Gasteiger charge is 2.62. The lowest BCUT2D eigenvalue weighted by Crippen LogP contribution is -2.39. The van der Waals surface area contributed by atoms with E-state index in [9.17, 15) is 17.5 Å². The van der Waals surface area contributed by atoms with E-state index >= 15 is 0 Å². The Morgan fingerprint density at radius 2 is 2.04 bits per heavy atom. The van der Waals surface area contributed by atoms with Crippen molar-refractivity contribution in [3.63, 3.8) is 0 Å². The van der Waals surface area contributed by atoms with Crippen molar-refractivity contribution in [1.82, 2.24) is 4.31 Å². The minimum atomic E-state index is -1.10. The van der Waals surface area contributed by atoms with Crippen molar-refractivity contribution < 1.29 is 22.2 Å². The fraction of sp³-hybridized carbons (Fsp3) is 0.556. The molecule has 1 saturated carbocycles. The number of fused-ring (bicyclic) bond motifs is 1. The van der Waals surface area contributed by atoms with Gasteiger partial charge in [-0.25, -0.2) is 18.6 Å². The van der Waals surface area contributed by atoms with E-state index in [1.54, 1.807) is 27.7 Å². The predicted octanol–water partition coefficient (Wildman–Crippen LogP) is 5.69. The highest BCUT2D eigenvalue weighted by atomic mass is 32.2. The fourth-order valence-electron chi connectivity index (χ4n) is 3.53. The predicted molar refractivity (Wildman–Crippen MR) is 102 cm³/mol. The molecule has 0 aromatic heterocycles.